The summed E-state index contributed by atoms with van der Waals surface area (Å²) in [5.41, 5.74) is -0.188. The zero-order valence-electron chi connectivity index (χ0n) is 16.5. The van der Waals surface area contributed by atoms with E-state index in [1.165, 1.54) is 0 Å². The second-order valence-electron chi connectivity index (χ2n) is 8.11. The van der Waals surface area contributed by atoms with E-state index in [1.807, 2.05) is 7.05 Å². The fourth-order valence-electron chi connectivity index (χ4n) is 4.19. The van der Waals surface area contributed by atoms with E-state index in [4.69, 9.17) is 4.74 Å². The summed E-state index contributed by atoms with van der Waals surface area (Å²) < 4.78 is 5.64. The average molecular weight is 367 g/mol. The van der Waals surface area contributed by atoms with Gasteiger partial charge in [-0.15, -0.1) is 0 Å². The number of carbonyl (C=O) groups is 3. The number of amides is 1. The Kier molecular flexibility index (Phi) is 7.62. The fraction of sp³-hybridized carbons (Fsp3) is 0.850. The van der Waals surface area contributed by atoms with Gasteiger partial charge in [0.1, 0.15) is 18.3 Å². The van der Waals surface area contributed by atoms with Crippen LogP contribution in [0.3, 0.4) is 0 Å². The monoisotopic (exact) mass is 366 g/mol. The number of Topliss-reactive ketones (excluding diaryl/α,β-unsaturated/α-hetero) is 1. The first-order valence-electron chi connectivity index (χ1n) is 9.97. The Morgan fingerprint density at radius 2 is 1.81 bits per heavy atom. The number of ether oxygens (including phenoxy) is 1. The molecule has 0 aromatic carbocycles. The van der Waals surface area contributed by atoms with Gasteiger partial charge in [0.25, 0.3) is 0 Å². The molecule has 0 radical (unpaired) electrons. The molecule has 6 nitrogen and oxygen atoms in total. The highest BCUT2D eigenvalue weighted by Crippen LogP contribution is 2.35. The Balaban J connectivity index is 2.10. The van der Waals surface area contributed by atoms with Crippen molar-refractivity contribution in [3.05, 3.63) is 0 Å². The second kappa shape index (κ2) is 9.49. The molecule has 1 amide bonds. The highest BCUT2D eigenvalue weighted by Gasteiger charge is 2.41. The zero-order chi connectivity index (χ0) is 19.2. The van der Waals surface area contributed by atoms with Gasteiger partial charge in [0.15, 0.2) is 0 Å². The van der Waals surface area contributed by atoms with Gasteiger partial charge >= 0.3 is 5.97 Å². The van der Waals surface area contributed by atoms with Crippen LogP contribution in [0.25, 0.3) is 0 Å². The Hall–Kier alpha value is -1.43. The Labute approximate surface area is 157 Å². The van der Waals surface area contributed by atoms with Crippen LogP contribution in [0.4, 0.5) is 0 Å². The molecule has 1 aliphatic heterocycles. The normalized spacial score (nSPS) is 32.9. The van der Waals surface area contributed by atoms with Crippen molar-refractivity contribution in [1.29, 1.82) is 0 Å². The summed E-state index contributed by atoms with van der Waals surface area (Å²) in [5, 5.41) is 0. The molecule has 1 atom stereocenters. The van der Waals surface area contributed by atoms with Gasteiger partial charge < -0.3 is 9.64 Å². The van der Waals surface area contributed by atoms with Crippen LogP contribution in [0, 0.1) is 5.92 Å². The van der Waals surface area contributed by atoms with Crippen molar-refractivity contribution < 1.29 is 19.1 Å². The molecule has 1 saturated heterocycles. The van der Waals surface area contributed by atoms with Crippen LogP contribution in [0.1, 0.15) is 64.7 Å². The summed E-state index contributed by atoms with van der Waals surface area (Å²) in [4.78, 5) is 39.7. The van der Waals surface area contributed by atoms with E-state index in [1.54, 1.807) is 11.8 Å². The number of cyclic esters (lactones) is 1. The summed E-state index contributed by atoms with van der Waals surface area (Å²) in [5.74, 6) is -1.07. The molecule has 1 aliphatic carbocycles. The van der Waals surface area contributed by atoms with Crippen LogP contribution in [0.2, 0.25) is 0 Å². The molecule has 0 aromatic heterocycles. The standard InChI is InChI=1S/C20H34N2O4/c1-16-18(24)8-6-4-5-7-13-22(3)20(14-26-19(16)25)11-9-17(10-12-20)21(2)15-23/h15-17H,4-14H2,1-3H3. The largest absolute Gasteiger partial charge is 0.463 e. The second-order valence-corrected chi connectivity index (χ2v) is 8.11. The van der Waals surface area contributed by atoms with Crippen molar-refractivity contribution in [3.63, 3.8) is 0 Å². The number of esters is 1. The van der Waals surface area contributed by atoms with Gasteiger partial charge in [0.05, 0.1) is 5.54 Å². The van der Waals surface area contributed by atoms with E-state index in [-0.39, 0.29) is 17.4 Å². The van der Waals surface area contributed by atoms with E-state index >= 15 is 0 Å². The Morgan fingerprint density at radius 1 is 1.15 bits per heavy atom. The minimum absolute atomic E-state index is 0.00651. The van der Waals surface area contributed by atoms with Crippen molar-refractivity contribution in [1.82, 2.24) is 9.80 Å². The summed E-state index contributed by atoms with van der Waals surface area (Å²) in [7, 11) is 3.95. The Bertz CT molecular complexity index is 500. The number of ketones is 1. The molecule has 26 heavy (non-hydrogen) atoms. The molecule has 2 rings (SSSR count). The summed E-state index contributed by atoms with van der Waals surface area (Å²) in [6.45, 7) is 2.96. The number of carbonyl (C=O) groups excluding carboxylic acids is 3. The summed E-state index contributed by atoms with van der Waals surface area (Å²) in [6, 6.07) is 0.257. The lowest BCUT2D eigenvalue weighted by Crippen LogP contribution is -2.55. The molecule has 0 aromatic rings. The lowest BCUT2D eigenvalue weighted by atomic mass is 9.78. The molecule has 0 N–H and O–H groups in total. The number of hydrogen-bond donors (Lipinski definition) is 0. The van der Waals surface area contributed by atoms with Crippen molar-refractivity contribution in [2.24, 2.45) is 5.92 Å². The van der Waals surface area contributed by atoms with Crippen LogP contribution in [-0.2, 0) is 19.1 Å². The smallest absolute Gasteiger partial charge is 0.316 e. The van der Waals surface area contributed by atoms with Crippen molar-refractivity contribution >= 4 is 18.2 Å². The van der Waals surface area contributed by atoms with E-state index < -0.39 is 11.9 Å². The van der Waals surface area contributed by atoms with E-state index in [9.17, 15) is 14.4 Å². The molecule has 2 fully saturated rings. The predicted molar refractivity (Wildman–Crippen MR) is 99.7 cm³/mol. The maximum absolute atomic E-state index is 12.4. The number of nitrogens with zero attached hydrogens (tertiary/aromatic N) is 2. The minimum atomic E-state index is -0.671. The fourth-order valence-corrected chi connectivity index (χ4v) is 4.19. The molecule has 1 saturated carbocycles. The average Bonchev–Trinajstić information content (AvgIpc) is 2.67. The molecule has 148 valence electrons. The van der Waals surface area contributed by atoms with Gasteiger partial charge in [-0.2, -0.15) is 0 Å². The molecule has 6 heteroatoms. The first-order valence-corrected chi connectivity index (χ1v) is 9.97. The van der Waals surface area contributed by atoms with Gasteiger partial charge in [-0.05, 0) is 59.0 Å². The first kappa shape index (κ1) is 20.9. The van der Waals surface area contributed by atoms with E-state index in [0.717, 1.165) is 64.3 Å². The molecule has 1 spiro atoms. The summed E-state index contributed by atoms with van der Waals surface area (Å²) in [6.07, 6.45) is 9.04. The Morgan fingerprint density at radius 3 is 2.46 bits per heavy atom. The molecule has 1 unspecified atom stereocenters. The van der Waals surface area contributed by atoms with Gasteiger partial charge in [-0.3, -0.25) is 19.3 Å². The third kappa shape index (κ3) is 5.06. The van der Waals surface area contributed by atoms with Gasteiger partial charge in [0, 0.05) is 19.5 Å². The van der Waals surface area contributed by atoms with Crippen LogP contribution in [0.15, 0.2) is 0 Å². The highest BCUT2D eigenvalue weighted by atomic mass is 16.5. The highest BCUT2D eigenvalue weighted by molar-refractivity contribution is 5.98. The van der Waals surface area contributed by atoms with Crippen LogP contribution in [0.5, 0.6) is 0 Å². The SMILES string of the molecule is CC1C(=O)CCCCCCN(C)C2(CCC(N(C)C=O)CC2)COC1=O. The lowest BCUT2D eigenvalue weighted by molar-refractivity contribution is -0.156. The summed E-state index contributed by atoms with van der Waals surface area (Å²) >= 11 is 0. The van der Waals surface area contributed by atoms with Crippen LogP contribution < -0.4 is 0 Å². The zero-order valence-corrected chi connectivity index (χ0v) is 16.5. The van der Waals surface area contributed by atoms with Crippen molar-refractivity contribution in [2.45, 2.75) is 76.3 Å². The molecular formula is C20H34N2O4. The number of likely N-dealkylation sites (N-methyl/N-ethyl adjacent to an activating group) is 1. The van der Waals surface area contributed by atoms with Crippen LogP contribution >= 0.6 is 0 Å². The molecule has 1 heterocycles. The van der Waals surface area contributed by atoms with Gasteiger partial charge in [-0.25, -0.2) is 0 Å². The third-order valence-electron chi connectivity index (χ3n) is 6.42. The number of hydrogen-bond acceptors (Lipinski definition) is 5. The quantitative estimate of drug-likeness (QED) is 0.426. The van der Waals surface area contributed by atoms with Gasteiger partial charge in [0.2, 0.25) is 6.41 Å². The molecule has 0 bridgehead atoms. The minimum Gasteiger partial charge on any atom is -0.463 e. The first-order chi connectivity index (χ1) is 12.4. The maximum Gasteiger partial charge on any atom is 0.316 e. The van der Waals surface area contributed by atoms with Crippen LogP contribution in [-0.4, -0.2) is 66.8 Å². The number of rotatable bonds is 2. The van der Waals surface area contributed by atoms with Gasteiger partial charge in [-0.1, -0.05) is 12.8 Å². The van der Waals surface area contributed by atoms with E-state index in [2.05, 4.69) is 11.9 Å². The van der Waals surface area contributed by atoms with Crippen molar-refractivity contribution in [3.8, 4) is 0 Å². The third-order valence-corrected chi connectivity index (χ3v) is 6.42. The lowest BCUT2D eigenvalue weighted by Gasteiger charge is -2.47. The van der Waals surface area contributed by atoms with Crippen molar-refractivity contribution in [2.75, 3.05) is 27.2 Å². The maximum atomic E-state index is 12.4. The molecule has 2 aliphatic rings. The predicted octanol–water partition coefficient (Wildman–Crippen LogP) is 2.40. The topological polar surface area (TPSA) is 66.9 Å². The van der Waals surface area contributed by atoms with E-state index in [0.29, 0.717) is 13.0 Å². The molecular weight excluding hydrogens is 332 g/mol.